The number of hydrazone groups is 1. The number of benzene rings is 2. The lowest BCUT2D eigenvalue weighted by atomic mass is 10.1. The number of imidazole rings is 1. The third-order valence-corrected chi connectivity index (χ3v) is 5.65. The normalized spacial score (nSPS) is 11.8. The molecule has 2 aromatic heterocycles. The summed E-state index contributed by atoms with van der Waals surface area (Å²) in [6.07, 6.45) is 0.687. The average Bonchev–Trinajstić information content (AvgIpc) is 3.18. The zero-order valence-electron chi connectivity index (χ0n) is 18.0. The van der Waals surface area contributed by atoms with E-state index in [0.717, 1.165) is 21.4 Å². The highest BCUT2D eigenvalue weighted by Crippen LogP contribution is 2.17. The van der Waals surface area contributed by atoms with Gasteiger partial charge in [-0.3, -0.25) is 13.9 Å². The second-order valence-corrected chi connectivity index (χ2v) is 7.95. The van der Waals surface area contributed by atoms with Crippen LogP contribution in [0.5, 0.6) is 0 Å². The molecular formula is C23H23ClN6O2. The van der Waals surface area contributed by atoms with Crippen LogP contribution in [-0.2, 0) is 27.1 Å². The van der Waals surface area contributed by atoms with E-state index in [2.05, 4.69) is 15.5 Å². The minimum absolute atomic E-state index is 0.313. The van der Waals surface area contributed by atoms with Gasteiger partial charge in [-0.05, 0) is 36.6 Å². The first kappa shape index (κ1) is 21.6. The molecule has 9 heteroatoms. The Hall–Kier alpha value is -3.65. The number of hydrogen-bond donors (Lipinski definition) is 1. The van der Waals surface area contributed by atoms with Crippen LogP contribution in [0.25, 0.3) is 11.2 Å². The Balaban J connectivity index is 1.78. The highest BCUT2D eigenvalue weighted by atomic mass is 35.5. The molecule has 0 spiro atoms. The molecular weight excluding hydrogens is 428 g/mol. The largest absolute Gasteiger partial charge is 0.332 e. The van der Waals surface area contributed by atoms with Gasteiger partial charge in [0.2, 0.25) is 5.95 Å². The third kappa shape index (κ3) is 4.09. The quantitative estimate of drug-likeness (QED) is 0.361. The minimum atomic E-state index is -0.428. The van der Waals surface area contributed by atoms with Crippen LogP contribution in [-0.4, -0.2) is 24.4 Å². The first-order valence-corrected chi connectivity index (χ1v) is 10.5. The number of halogens is 1. The van der Waals surface area contributed by atoms with Crippen molar-refractivity contribution in [2.45, 2.75) is 19.9 Å². The lowest BCUT2D eigenvalue weighted by molar-refractivity contribution is 0.687. The molecule has 4 rings (SSSR count). The molecule has 2 heterocycles. The van der Waals surface area contributed by atoms with Crippen molar-refractivity contribution in [2.75, 3.05) is 5.43 Å². The van der Waals surface area contributed by atoms with Crippen LogP contribution in [0.4, 0.5) is 5.95 Å². The molecule has 0 unspecified atom stereocenters. The molecule has 0 atom stereocenters. The number of anilines is 1. The summed E-state index contributed by atoms with van der Waals surface area (Å²) in [4.78, 5) is 29.9. The van der Waals surface area contributed by atoms with Crippen LogP contribution in [0.15, 0.2) is 69.3 Å². The zero-order valence-corrected chi connectivity index (χ0v) is 18.8. The van der Waals surface area contributed by atoms with Crippen molar-refractivity contribution in [3.63, 3.8) is 0 Å². The number of nitrogens with one attached hydrogen (secondary N) is 1. The molecule has 2 aromatic carbocycles. The maximum absolute atomic E-state index is 13.0. The first-order chi connectivity index (χ1) is 15.4. The number of aryl methyl sites for hydroxylation is 3. The molecule has 0 bridgehead atoms. The van der Waals surface area contributed by atoms with Gasteiger partial charge in [0.1, 0.15) is 0 Å². The standard InChI is InChI=1S/C23H23ClN6O2/c1-15(17-9-11-18(24)12-10-17)26-27-22-25-20-19(21(31)29(3)23(32)28(20)2)30(22)14-13-16-7-5-4-6-8-16/h4-12H,13-14H2,1-3H3,(H,25,27)/b26-15+. The summed E-state index contributed by atoms with van der Waals surface area (Å²) < 4.78 is 4.24. The van der Waals surface area contributed by atoms with Gasteiger partial charge < -0.3 is 4.57 Å². The molecule has 32 heavy (non-hydrogen) atoms. The van der Waals surface area contributed by atoms with E-state index < -0.39 is 11.2 Å². The predicted octanol–water partition coefficient (Wildman–Crippen LogP) is 3.17. The molecule has 0 aliphatic heterocycles. The van der Waals surface area contributed by atoms with E-state index in [9.17, 15) is 9.59 Å². The molecule has 1 N–H and O–H groups in total. The highest BCUT2D eigenvalue weighted by Gasteiger charge is 2.19. The Labute approximate surface area is 189 Å². The summed E-state index contributed by atoms with van der Waals surface area (Å²) in [7, 11) is 3.07. The van der Waals surface area contributed by atoms with Crippen LogP contribution in [0.1, 0.15) is 18.1 Å². The van der Waals surface area contributed by atoms with E-state index in [4.69, 9.17) is 11.6 Å². The smallest absolute Gasteiger partial charge is 0.303 e. The lowest BCUT2D eigenvalue weighted by Gasteiger charge is -2.10. The fraction of sp³-hybridized carbons (Fsp3) is 0.217. The van der Waals surface area contributed by atoms with Gasteiger partial charge in [-0.2, -0.15) is 10.1 Å². The van der Waals surface area contributed by atoms with Gasteiger partial charge in [0.25, 0.3) is 5.56 Å². The fourth-order valence-corrected chi connectivity index (χ4v) is 3.65. The molecule has 0 saturated carbocycles. The number of hydrogen-bond acceptors (Lipinski definition) is 5. The van der Waals surface area contributed by atoms with Crippen molar-refractivity contribution in [1.82, 2.24) is 18.7 Å². The summed E-state index contributed by atoms with van der Waals surface area (Å²) in [5, 5.41) is 5.10. The predicted molar refractivity (Wildman–Crippen MR) is 128 cm³/mol. The maximum atomic E-state index is 13.0. The summed E-state index contributed by atoms with van der Waals surface area (Å²) in [6, 6.07) is 17.3. The molecule has 0 radical (unpaired) electrons. The molecule has 0 aliphatic rings. The summed E-state index contributed by atoms with van der Waals surface area (Å²) in [5.41, 5.74) is 5.59. The summed E-state index contributed by atoms with van der Waals surface area (Å²) >= 11 is 5.97. The van der Waals surface area contributed by atoms with E-state index >= 15 is 0 Å². The van der Waals surface area contributed by atoms with Crippen molar-refractivity contribution >= 4 is 34.4 Å². The van der Waals surface area contributed by atoms with Gasteiger partial charge in [-0.1, -0.05) is 54.1 Å². The number of nitrogens with zero attached hydrogens (tertiary/aromatic N) is 5. The van der Waals surface area contributed by atoms with Crippen LogP contribution >= 0.6 is 11.6 Å². The SMILES string of the molecule is C/C(=N\Nc1nc2c(c(=O)n(C)c(=O)n2C)n1CCc1ccccc1)c1ccc(Cl)cc1. The van der Waals surface area contributed by atoms with Crippen molar-refractivity contribution in [1.29, 1.82) is 0 Å². The van der Waals surface area contributed by atoms with E-state index in [0.29, 0.717) is 35.1 Å². The molecule has 164 valence electrons. The molecule has 4 aromatic rings. The van der Waals surface area contributed by atoms with Crippen LogP contribution < -0.4 is 16.7 Å². The van der Waals surface area contributed by atoms with Crippen molar-refractivity contribution in [3.8, 4) is 0 Å². The van der Waals surface area contributed by atoms with Gasteiger partial charge in [0, 0.05) is 25.7 Å². The Morgan fingerprint density at radius 2 is 1.72 bits per heavy atom. The second kappa shape index (κ2) is 8.84. The maximum Gasteiger partial charge on any atom is 0.332 e. The van der Waals surface area contributed by atoms with Crippen LogP contribution in [0.3, 0.4) is 0 Å². The van der Waals surface area contributed by atoms with E-state index in [1.54, 1.807) is 23.7 Å². The van der Waals surface area contributed by atoms with Gasteiger partial charge in [-0.25, -0.2) is 10.2 Å². The summed E-state index contributed by atoms with van der Waals surface area (Å²) in [6.45, 7) is 2.35. The Morgan fingerprint density at radius 3 is 2.41 bits per heavy atom. The van der Waals surface area contributed by atoms with Gasteiger partial charge in [0.05, 0.1) is 5.71 Å². The third-order valence-electron chi connectivity index (χ3n) is 5.40. The molecule has 0 fully saturated rings. The monoisotopic (exact) mass is 450 g/mol. The zero-order chi connectivity index (χ0) is 22.8. The minimum Gasteiger partial charge on any atom is -0.303 e. The van der Waals surface area contributed by atoms with Gasteiger partial charge in [-0.15, -0.1) is 0 Å². The second-order valence-electron chi connectivity index (χ2n) is 7.52. The molecule has 8 nitrogen and oxygen atoms in total. The van der Waals surface area contributed by atoms with Crippen molar-refractivity contribution in [3.05, 3.63) is 91.6 Å². The van der Waals surface area contributed by atoms with Gasteiger partial charge >= 0.3 is 5.69 Å². The van der Waals surface area contributed by atoms with Crippen LogP contribution in [0, 0.1) is 0 Å². The molecule has 0 amide bonds. The molecule has 0 aliphatic carbocycles. The van der Waals surface area contributed by atoms with Crippen molar-refractivity contribution < 1.29 is 0 Å². The highest BCUT2D eigenvalue weighted by molar-refractivity contribution is 6.30. The number of rotatable bonds is 6. The van der Waals surface area contributed by atoms with Crippen LogP contribution in [0.2, 0.25) is 5.02 Å². The van der Waals surface area contributed by atoms with E-state index in [1.165, 1.54) is 11.6 Å². The van der Waals surface area contributed by atoms with E-state index in [-0.39, 0.29) is 0 Å². The Bertz CT molecular complexity index is 1420. The van der Waals surface area contributed by atoms with Gasteiger partial charge in [0.15, 0.2) is 11.2 Å². The van der Waals surface area contributed by atoms with E-state index in [1.807, 2.05) is 49.4 Å². The Kier molecular flexibility index (Phi) is 5.96. The number of aromatic nitrogens is 4. The molecule has 0 saturated heterocycles. The fourth-order valence-electron chi connectivity index (χ4n) is 3.52. The lowest BCUT2D eigenvalue weighted by Crippen LogP contribution is -2.37. The first-order valence-electron chi connectivity index (χ1n) is 10.1. The summed E-state index contributed by atoms with van der Waals surface area (Å²) in [5.74, 6) is 0.391. The Morgan fingerprint density at radius 1 is 1.03 bits per heavy atom. The average molecular weight is 451 g/mol. The van der Waals surface area contributed by atoms with Crippen molar-refractivity contribution in [2.24, 2.45) is 19.2 Å². The number of fused-ring (bicyclic) bond motifs is 1. The topological polar surface area (TPSA) is 86.2 Å².